The fourth-order valence-corrected chi connectivity index (χ4v) is 2.77. The molecule has 4 heteroatoms. The highest BCUT2D eigenvalue weighted by Gasteiger charge is 2.16. The largest absolute Gasteiger partial charge is 0.426 e. The fourth-order valence-electron chi connectivity index (χ4n) is 2.77. The van der Waals surface area contributed by atoms with Crippen molar-refractivity contribution in [2.75, 3.05) is 13.1 Å². The van der Waals surface area contributed by atoms with Gasteiger partial charge in [0, 0.05) is 29.7 Å². The van der Waals surface area contributed by atoms with Crippen LogP contribution in [0.3, 0.4) is 0 Å². The van der Waals surface area contributed by atoms with Crippen LogP contribution in [-0.4, -0.2) is 35.0 Å². The zero-order chi connectivity index (χ0) is 17.0. The summed E-state index contributed by atoms with van der Waals surface area (Å²) in [4.78, 5) is 17.7. The molecule has 1 N–H and O–H groups in total. The Bertz CT molecular complexity index is 658. The topological polar surface area (TPSA) is 45.3 Å². The van der Waals surface area contributed by atoms with Gasteiger partial charge in [-0.25, -0.2) is 0 Å². The predicted molar refractivity (Wildman–Crippen MR) is 94.9 cm³/mol. The van der Waals surface area contributed by atoms with E-state index in [1.54, 1.807) is 0 Å². The molecule has 0 fully saturated rings. The number of fused-ring (bicyclic) bond motifs is 1. The van der Waals surface area contributed by atoms with Crippen LogP contribution >= 0.6 is 0 Å². The number of aromatic nitrogens is 1. The molecule has 0 unspecified atom stereocenters. The highest BCUT2D eigenvalue weighted by atomic mass is 16.5. The molecule has 0 aliphatic rings. The van der Waals surface area contributed by atoms with Crippen LogP contribution in [0.5, 0.6) is 5.75 Å². The second-order valence-corrected chi connectivity index (χ2v) is 6.54. The van der Waals surface area contributed by atoms with Crippen LogP contribution in [0, 0.1) is 5.92 Å². The van der Waals surface area contributed by atoms with Gasteiger partial charge in [-0.3, -0.25) is 4.79 Å². The van der Waals surface area contributed by atoms with Crippen molar-refractivity contribution in [3.8, 4) is 5.75 Å². The van der Waals surface area contributed by atoms with Crippen molar-refractivity contribution in [1.29, 1.82) is 0 Å². The number of carbonyl (C=O) groups is 1. The van der Waals surface area contributed by atoms with Crippen LogP contribution in [0.2, 0.25) is 0 Å². The first kappa shape index (κ1) is 17.5. The maximum Gasteiger partial charge on any atom is 0.313 e. The number of nitrogens with one attached hydrogen (secondary N) is 1. The lowest BCUT2D eigenvalue weighted by molar-refractivity contribution is -0.137. The number of H-pyrrole nitrogens is 1. The smallest absolute Gasteiger partial charge is 0.313 e. The van der Waals surface area contributed by atoms with E-state index in [4.69, 9.17) is 4.74 Å². The molecule has 0 aliphatic heterocycles. The van der Waals surface area contributed by atoms with E-state index < -0.39 is 0 Å². The Balaban J connectivity index is 2.25. The monoisotopic (exact) mass is 316 g/mol. The first-order valence-corrected chi connectivity index (χ1v) is 8.48. The van der Waals surface area contributed by atoms with Crippen molar-refractivity contribution in [3.05, 3.63) is 30.0 Å². The summed E-state index contributed by atoms with van der Waals surface area (Å²) in [7, 11) is 0. The van der Waals surface area contributed by atoms with E-state index in [1.165, 1.54) is 5.56 Å². The molecule has 0 radical (unpaired) electrons. The molecular formula is C19H28N2O2. The molecular weight excluding hydrogens is 288 g/mol. The summed E-state index contributed by atoms with van der Waals surface area (Å²) < 4.78 is 5.60. The summed E-state index contributed by atoms with van der Waals surface area (Å²) in [5.74, 6) is 0.330. The lowest BCUT2D eigenvalue weighted by Crippen LogP contribution is -2.32. The second-order valence-electron chi connectivity index (χ2n) is 6.54. The minimum absolute atomic E-state index is 0.135. The van der Waals surface area contributed by atoms with Crippen molar-refractivity contribution in [3.63, 3.8) is 0 Å². The Morgan fingerprint density at radius 3 is 2.61 bits per heavy atom. The first-order valence-electron chi connectivity index (χ1n) is 8.48. The number of aromatic amines is 1. The van der Waals surface area contributed by atoms with E-state index in [-0.39, 0.29) is 11.9 Å². The van der Waals surface area contributed by atoms with E-state index in [0.717, 1.165) is 30.4 Å². The number of hydrogen-bond acceptors (Lipinski definition) is 3. The van der Waals surface area contributed by atoms with Crippen LogP contribution in [0.15, 0.2) is 24.4 Å². The lowest BCUT2D eigenvalue weighted by atomic mass is 10.1. The van der Waals surface area contributed by atoms with Crippen LogP contribution in [0.1, 0.15) is 40.2 Å². The Morgan fingerprint density at radius 1 is 1.26 bits per heavy atom. The van der Waals surface area contributed by atoms with E-state index >= 15 is 0 Å². The van der Waals surface area contributed by atoms with Gasteiger partial charge in [0.2, 0.25) is 0 Å². The van der Waals surface area contributed by atoms with Crippen molar-refractivity contribution < 1.29 is 9.53 Å². The van der Waals surface area contributed by atoms with Gasteiger partial charge in [0.1, 0.15) is 5.75 Å². The molecule has 0 amide bonds. The summed E-state index contributed by atoms with van der Waals surface area (Å²) >= 11 is 0. The number of carbonyl (C=O) groups excluding carboxylic acids is 1. The maximum absolute atomic E-state index is 12.0. The first-order chi connectivity index (χ1) is 10.9. The molecule has 4 nitrogen and oxygen atoms in total. The van der Waals surface area contributed by atoms with Crippen molar-refractivity contribution in [2.45, 2.75) is 47.1 Å². The standard InChI is InChI=1S/C19H28N2O2/c1-6-21(14(4)5)11-10-15-12-20-16-8-7-9-17(18(15)16)23-19(22)13(2)3/h7-9,12-14,20H,6,10-11H2,1-5H3. The van der Waals surface area contributed by atoms with Gasteiger partial charge in [0.05, 0.1) is 5.92 Å². The predicted octanol–water partition coefficient (Wildman–Crippen LogP) is 4.00. The van der Waals surface area contributed by atoms with Gasteiger partial charge in [-0.15, -0.1) is 0 Å². The quantitative estimate of drug-likeness (QED) is 0.620. The Morgan fingerprint density at radius 2 is 2.00 bits per heavy atom. The average molecular weight is 316 g/mol. The molecule has 0 spiro atoms. The van der Waals surface area contributed by atoms with Crippen molar-refractivity contribution in [2.24, 2.45) is 5.92 Å². The van der Waals surface area contributed by atoms with E-state index in [2.05, 4.69) is 30.7 Å². The van der Waals surface area contributed by atoms with Gasteiger partial charge < -0.3 is 14.6 Å². The fraction of sp³-hybridized carbons (Fsp3) is 0.526. The molecule has 2 aromatic rings. The summed E-state index contributed by atoms with van der Waals surface area (Å²) in [6.45, 7) is 12.3. The minimum Gasteiger partial charge on any atom is -0.426 e. The van der Waals surface area contributed by atoms with E-state index in [0.29, 0.717) is 11.8 Å². The van der Waals surface area contributed by atoms with Gasteiger partial charge in [-0.1, -0.05) is 26.8 Å². The maximum atomic E-state index is 12.0. The highest BCUT2D eigenvalue weighted by Crippen LogP contribution is 2.30. The molecule has 0 saturated carbocycles. The molecule has 23 heavy (non-hydrogen) atoms. The second kappa shape index (κ2) is 7.64. The molecule has 1 aromatic carbocycles. The molecule has 0 saturated heterocycles. The highest BCUT2D eigenvalue weighted by molar-refractivity contribution is 5.91. The molecule has 1 aromatic heterocycles. The van der Waals surface area contributed by atoms with Gasteiger partial charge in [0.15, 0.2) is 0 Å². The average Bonchev–Trinajstić information content (AvgIpc) is 2.91. The molecule has 0 atom stereocenters. The summed E-state index contributed by atoms with van der Waals surface area (Å²) in [6, 6.07) is 6.34. The molecule has 1 heterocycles. The lowest BCUT2D eigenvalue weighted by Gasteiger charge is -2.24. The third-order valence-electron chi connectivity index (χ3n) is 4.24. The van der Waals surface area contributed by atoms with Crippen LogP contribution < -0.4 is 4.74 Å². The molecule has 0 aliphatic carbocycles. The molecule has 0 bridgehead atoms. The van der Waals surface area contributed by atoms with Crippen molar-refractivity contribution >= 4 is 16.9 Å². The SMILES string of the molecule is CCN(CCc1c[nH]c2cccc(OC(=O)C(C)C)c12)C(C)C. The zero-order valence-electron chi connectivity index (χ0n) is 14.8. The normalized spacial score (nSPS) is 11.8. The van der Waals surface area contributed by atoms with E-state index in [1.807, 2.05) is 38.2 Å². The van der Waals surface area contributed by atoms with Gasteiger partial charge in [-0.2, -0.15) is 0 Å². The molecule has 2 rings (SSSR count). The van der Waals surface area contributed by atoms with Gasteiger partial charge in [-0.05, 0) is 44.5 Å². The Kier molecular flexibility index (Phi) is 5.83. The van der Waals surface area contributed by atoms with Crippen molar-refractivity contribution in [1.82, 2.24) is 9.88 Å². The number of ether oxygens (including phenoxy) is 1. The third-order valence-corrected chi connectivity index (χ3v) is 4.24. The number of hydrogen-bond donors (Lipinski definition) is 1. The number of nitrogens with zero attached hydrogens (tertiary/aromatic N) is 1. The number of likely N-dealkylation sites (N-methyl/N-ethyl adjacent to an activating group) is 1. The van der Waals surface area contributed by atoms with Crippen LogP contribution in [0.25, 0.3) is 10.9 Å². The molecule has 126 valence electrons. The van der Waals surface area contributed by atoms with Crippen LogP contribution in [0.4, 0.5) is 0 Å². The van der Waals surface area contributed by atoms with Gasteiger partial charge >= 0.3 is 5.97 Å². The number of esters is 1. The number of benzene rings is 1. The number of rotatable bonds is 7. The zero-order valence-corrected chi connectivity index (χ0v) is 14.8. The van der Waals surface area contributed by atoms with Gasteiger partial charge in [0.25, 0.3) is 0 Å². The summed E-state index contributed by atoms with van der Waals surface area (Å²) in [6.07, 6.45) is 2.97. The Labute approximate surface area is 138 Å². The van der Waals surface area contributed by atoms with Crippen LogP contribution in [-0.2, 0) is 11.2 Å². The summed E-state index contributed by atoms with van der Waals surface area (Å²) in [5, 5.41) is 1.03. The minimum atomic E-state index is -0.193. The van der Waals surface area contributed by atoms with E-state index in [9.17, 15) is 4.79 Å². The summed E-state index contributed by atoms with van der Waals surface area (Å²) in [5.41, 5.74) is 2.22. The third kappa shape index (κ3) is 4.14. The Hall–Kier alpha value is -1.81.